The lowest BCUT2D eigenvalue weighted by molar-refractivity contribution is -0.132. The number of carbonyl (C=O) groups excluding carboxylic acids is 2. The quantitative estimate of drug-likeness (QED) is 0.781. The molecule has 0 radical (unpaired) electrons. The SMILES string of the molecule is CC[C@@]1(c2ccc(OC)cc2)NC(=O)N(Cc2ccc(C(C)C)cc2)C1=O. The Labute approximate surface area is 160 Å². The van der Waals surface area contributed by atoms with Gasteiger partial charge in [0, 0.05) is 0 Å². The van der Waals surface area contributed by atoms with Crippen molar-refractivity contribution in [2.45, 2.75) is 45.2 Å². The van der Waals surface area contributed by atoms with Crippen molar-refractivity contribution in [1.29, 1.82) is 0 Å². The second-order valence-electron chi connectivity index (χ2n) is 7.21. The number of urea groups is 1. The Morgan fingerprint density at radius 2 is 1.67 bits per heavy atom. The van der Waals surface area contributed by atoms with Gasteiger partial charge in [0.05, 0.1) is 13.7 Å². The van der Waals surface area contributed by atoms with Crippen LogP contribution in [0, 0.1) is 0 Å². The van der Waals surface area contributed by atoms with Crippen LogP contribution in [0.15, 0.2) is 48.5 Å². The van der Waals surface area contributed by atoms with Gasteiger partial charge in [0.15, 0.2) is 0 Å². The van der Waals surface area contributed by atoms with E-state index in [1.54, 1.807) is 19.2 Å². The minimum atomic E-state index is -1.03. The van der Waals surface area contributed by atoms with Crippen LogP contribution in [0.5, 0.6) is 5.75 Å². The minimum Gasteiger partial charge on any atom is -0.497 e. The van der Waals surface area contributed by atoms with Gasteiger partial charge in [-0.05, 0) is 41.2 Å². The highest BCUT2D eigenvalue weighted by atomic mass is 16.5. The predicted octanol–water partition coefficient (Wildman–Crippen LogP) is 4.18. The molecule has 0 aromatic heterocycles. The van der Waals surface area contributed by atoms with E-state index < -0.39 is 5.54 Å². The van der Waals surface area contributed by atoms with Crippen molar-refractivity contribution in [2.24, 2.45) is 0 Å². The number of methoxy groups -OCH3 is 1. The van der Waals surface area contributed by atoms with Crippen molar-refractivity contribution in [3.05, 3.63) is 65.2 Å². The van der Waals surface area contributed by atoms with E-state index in [0.29, 0.717) is 18.1 Å². The molecule has 1 N–H and O–H groups in total. The molecule has 0 unspecified atom stereocenters. The van der Waals surface area contributed by atoms with Crippen molar-refractivity contribution >= 4 is 11.9 Å². The number of amides is 3. The summed E-state index contributed by atoms with van der Waals surface area (Å²) < 4.78 is 5.19. The molecule has 27 heavy (non-hydrogen) atoms. The van der Waals surface area contributed by atoms with Gasteiger partial charge in [-0.3, -0.25) is 9.69 Å². The lowest BCUT2D eigenvalue weighted by Gasteiger charge is -2.26. The van der Waals surface area contributed by atoms with E-state index in [1.807, 2.05) is 31.2 Å². The van der Waals surface area contributed by atoms with Crippen molar-refractivity contribution < 1.29 is 14.3 Å². The second kappa shape index (κ2) is 7.43. The number of carbonyl (C=O) groups is 2. The fourth-order valence-electron chi connectivity index (χ4n) is 3.48. The maximum atomic E-state index is 13.2. The number of rotatable bonds is 6. The smallest absolute Gasteiger partial charge is 0.325 e. The summed E-state index contributed by atoms with van der Waals surface area (Å²) >= 11 is 0. The van der Waals surface area contributed by atoms with Crippen LogP contribution in [-0.2, 0) is 16.9 Å². The fourth-order valence-corrected chi connectivity index (χ4v) is 3.48. The number of hydrogen-bond donors (Lipinski definition) is 1. The highest BCUT2D eigenvalue weighted by molar-refractivity contribution is 6.07. The van der Waals surface area contributed by atoms with Crippen LogP contribution < -0.4 is 10.1 Å². The number of hydrogen-bond acceptors (Lipinski definition) is 3. The molecular weight excluding hydrogens is 340 g/mol. The van der Waals surface area contributed by atoms with Gasteiger partial charge in [0.2, 0.25) is 0 Å². The zero-order valence-corrected chi connectivity index (χ0v) is 16.3. The lowest BCUT2D eigenvalue weighted by atomic mass is 9.87. The summed E-state index contributed by atoms with van der Waals surface area (Å²) in [5.41, 5.74) is 1.91. The van der Waals surface area contributed by atoms with E-state index in [4.69, 9.17) is 4.74 Å². The monoisotopic (exact) mass is 366 g/mol. The molecule has 0 saturated carbocycles. The van der Waals surface area contributed by atoms with E-state index >= 15 is 0 Å². The van der Waals surface area contributed by atoms with Crippen LogP contribution in [-0.4, -0.2) is 23.9 Å². The number of ether oxygens (including phenoxy) is 1. The summed E-state index contributed by atoms with van der Waals surface area (Å²) in [5, 5.41) is 2.92. The van der Waals surface area contributed by atoms with Crippen LogP contribution >= 0.6 is 0 Å². The van der Waals surface area contributed by atoms with E-state index in [2.05, 4.69) is 31.3 Å². The molecule has 1 heterocycles. The first kappa shape index (κ1) is 19.0. The first-order chi connectivity index (χ1) is 12.9. The van der Waals surface area contributed by atoms with Crippen molar-refractivity contribution in [3.63, 3.8) is 0 Å². The summed E-state index contributed by atoms with van der Waals surface area (Å²) in [6.07, 6.45) is 0.479. The van der Waals surface area contributed by atoms with Gasteiger partial charge in [-0.1, -0.05) is 57.2 Å². The summed E-state index contributed by atoms with van der Waals surface area (Å²) in [6, 6.07) is 15.0. The molecule has 2 aromatic rings. The van der Waals surface area contributed by atoms with Gasteiger partial charge >= 0.3 is 6.03 Å². The van der Waals surface area contributed by atoms with E-state index in [-0.39, 0.29) is 18.5 Å². The van der Waals surface area contributed by atoms with E-state index in [1.165, 1.54) is 10.5 Å². The first-order valence-electron chi connectivity index (χ1n) is 9.28. The Morgan fingerprint density at radius 1 is 1.04 bits per heavy atom. The van der Waals surface area contributed by atoms with Gasteiger partial charge in [-0.15, -0.1) is 0 Å². The molecule has 2 aromatic carbocycles. The molecule has 1 aliphatic rings. The average Bonchev–Trinajstić information content (AvgIpc) is 2.93. The molecule has 0 spiro atoms. The molecule has 5 heteroatoms. The zero-order chi connectivity index (χ0) is 19.6. The van der Waals surface area contributed by atoms with Gasteiger partial charge in [-0.2, -0.15) is 0 Å². The maximum absolute atomic E-state index is 13.2. The summed E-state index contributed by atoms with van der Waals surface area (Å²) in [6.45, 7) is 6.44. The van der Waals surface area contributed by atoms with Crippen LogP contribution in [0.2, 0.25) is 0 Å². The minimum absolute atomic E-state index is 0.215. The second-order valence-corrected chi connectivity index (χ2v) is 7.21. The summed E-state index contributed by atoms with van der Waals surface area (Å²) in [4.78, 5) is 27.1. The Balaban J connectivity index is 1.86. The lowest BCUT2D eigenvalue weighted by Crippen LogP contribution is -2.43. The average molecular weight is 366 g/mol. The summed E-state index contributed by atoms with van der Waals surface area (Å²) in [7, 11) is 1.60. The Hall–Kier alpha value is -2.82. The van der Waals surface area contributed by atoms with Crippen LogP contribution in [0.25, 0.3) is 0 Å². The topological polar surface area (TPSA) is 58.6 Å². The first-order valence-corrected chi connectivity index (χ1v) is 9.28. The van der Waals surface area contributed by atoms with Crippen LogP contribution in [0.3, 0.4) is 0 Å². The molecule has 5 nitrogen and oxygen atoms in total. The molecule has 3 amide bonds. The highest BCUT2D eigenvalue weighted by Crippen LogP contribution is 2.34. The molecule has 1 atom stereocenters. The molecule has 3 rings (SSSR count). The zero-order valence-electron chi connectivity index (χ0n) is 16.3. The van der Waals surface area contributed by atoms with Gasteiger partial charge in [0.25, 0.3) is 5.91 Å². The van der Waals surface area contributed by atoms with Gasteiger partial charge in [-0.25, -0.2) is 4.79 Å². The van der Waals surface area contributed by atoms with Gasteiger partial charge < -0.3 is 10.1 Å². The van der Waals surface area contributed by atoms with E-state index in [9.17, 15) is 9.59 Å². The van der Waals surface area contributed by atoms with Gasteiger partial charge in [0.1, 0.15) is 11.3 Å². The van der Waals surface area contributed by atoms with Crippen molar-refractivity contribution in [3.8, 4) is 5.75 Å². The normalized spacial score (nSPS) is 19.5. The van der Waals surface area contributed by atoms with Crippen LogP contribution in [0.1, 0.15) is 49.8 Å². The molecule has 142 valence electrons. The van der Waals surface area contributed by atoms with Crippen molar-refractivity contribution in [1.82, 2.24) is 10.2 Å². The Bertz CT molecular complexity index is 828. The number of imide groups is 1. The third kappa shape index (κ3) is 3.42. The number of nitrogens with one attached hydrogen (secondary N) is 1. The highest BCUT2D eigenvalue weighted by Gasteiger charge is 2.51. The Kier molecular flexibility index (Phi) is 5.22. The molecule has 1 saturated heterocycles. The standard InChI is InChI=1S/C22H26N2O3/c1-5-22(18-10-12-19(27-4)13-11-18)20(25)24(21(26)23-22)14-16-6-8-17(9-7-16)15(2)3/h6-13,15H,5,14H2,1-4H3,(H,23,26)/t22-/m0/s1. The molecular formula is C22H26N2O3. The Morgan fingerprint density at radius 3 is 2.19 bits per heavy atom. The molecule has 1 aliphatic heterocycles. The number of nitrogens with zero attached hydrogens (tertiary/aromatic N) is 1. The molecule has 1 fully saturated rings. The molecule has 0 aliphatic carbocycles. The predicted molar refractivity (Wildman–Crippen MR) is 105 cm³/mol. The third-order valence-corrected chi connectivity index (χ3v) is 5.28. The maximum Gasteiger partial charge on any atom is 0.325 e. The largest absolute Gasteiger partial charge is 0.497 e. The fraction of sp³-hybridized carbons (Fsp3) is 0.364. The van der Waals surface area contributed by atoms with Crippen molar-refractivity contribution in [2.75, 3.05) is 7.11 Å². The summed E-state index contributed by atoms with van der Waals surface area (Å²) in [5.74, 6) is 0.940. The molecule has 0 bridgehead atoms. The van der Waals surface area contributed by atoms with Crippen LogP contribution in [0.4, 0.5) is 4.79 Å². The number of benzene rings is 2. The third-order valence-electron chi connectivity index (χ3n) is 5.28. The van der Waals surface area contributed by atoms with E-state index in [0.717, 1.165) is 11.1 Å².